The van der Waals surface area contributed by atoms with Gasteiger partial charge in [0.05, 0.1) is 40.7 Å². The molecule has 0 spiro atoms. The lowest BCUT2D eigenvalue weighted by Crippen LogP contribution is -2.40. The molecule has 3 N–H and O–H groups in total. The second-order valence-electron chi connectivity index (χ2n) is 9.52. The molecule has 0 aromatic carbocycles. The number of thiophene rings is 1. The summed E-state index contributed by atoms with van der Waals surface area (Å²) in [5.74, 6) is 1.50. The number of ether oxygens (including phenoxy) is 1. The van der Waals surface area contributed by atoms with Crippen molar-refractivity contribution < 1.29 is 14.6 Å². The minimum Gasteiger partial charge on any atom is -0.393 e. The Morgan fingerprint density at radius 3 is 2.53 bits per heavy atom. The highest BCUT2D eigenvalue weighted by Gasteiger charge is 2.25. The van der Waals surface area contributed by atoms with Gasteiger partial charge >= 0.3 is 0 Å². The maximum Gasteiger partial charge on any atom is 0.255 e. The van der Waals surface area contributed by atoms with Crippen LogP contribution in [0, 0.1) is 6.92 Å². The Hall–Kier alpha value is -3.74. The third-order valence-electron chi connectivity index (χ3n) is 6.99. The number of aryl methyl sites for hydroxylation is 1. The first-order chi connectivity index (χ1) is 18.5. The summed E-state index contributed by atoms with van der Waals surface area (Å²) in [6, 6.07) is 1.90. The van der Waals surface area contributed by atoms with Crippen LogP contribution in [0.2, 0.25) is 0 Å². The second kappa shape index (κ2) is 10.2. The molecular formula is C26H28N8O3S. The van der Waals surface area contributed by atoms with E-state index in [9.17, 15) is 9.90 Å². The molecule has 0 bridgehead atoms. The third-order valence-corrected chi connectivity index (χ3v) is 8.31. The minimum atomic E-state index is -0.337. The van der Waals surface area contributed by atoms with Crippen molar-refractivity contribution in [1.82, 2.24) is 29.8 Å². The van der Waals surface area contributed by atoms with Crippen molar-refractivity contribution in [2.24, 2.45) is 0 Å². The highest BCUT2D eigenvalue weighted by molar-refractivity contribution is 7.23. The van der Waals surface area contributed by atoms with Gasteiger partial charge in [0, 0.05) is 61.4 Å². The van der Waals surface area contributed by atoms with Crippen LogP contribution < -0.4 is 10.6 Å². The Balaban J connectivity index is 1.43. The van der Waals surface area contributed by atoms with E-state index in [2.05, 4.69) is 19.9 Å². The fraction of sp³-hybridized carbons (Fsp3) is 0.385. The summed E-state index contributed by atoms with van der Waals surface area (Å²) in [7, 11) is 0. The van der Waals surface area contributed by atoms with Crippen LogP contribution in [0.5, 0.6) is 0 Å². The Morgan fingerprint density at radius 2 is 1.79 bits per heavy atom. The number of nitrogens with two attached hydrogens (primary N) is 1. The molecule has 38 heavy (non-hydrogen) atoms. The van der Waals surface area contributed by atoms with E-state index in [1.165, 1.54) is 0 Å². The summed E-state index contributed by atoms with van der Waals surface area (Å²) in [5, 5.41) is 9.81. The third kappa shape index (κ3) is 4.66. The Kier molecular flexibility index (Phi) is 6.60. The van der Waals surface area contributed by atoms with Crippen molar-refractivity contribution in [2.75, 3.05) is 50.0 Å². The summed E-state index contributed by atoms with van der Waals surface area (Å²) in [4.78, 5) is 40.7. The number of pyridine rings is 1. The van der Waals surface area contributed by atoms with Crippen LogP contribution in [0.15, 0.2) is 30.9 Å². The van der Waals surface area contributed by atoms with Gasteiger partial charge in [-0.3, -0.25) is 9.78 Å². The van der Waals surface area contributed by atoms with Gasteiger partial charge in [0.1, 0.15) is 0 Å². The number of carbonyl (C=O) groups is 1. The molecule has 0 aliphatic carbocycles. The number of fused-ring (bicyclic) bond motifs is 1. The fourth-order valence-electron chi connectivity index (χ4n) is 4.85. The number of aliphatic hydroxyl groups excluding tert-OH is 1. The van der Waals surface area contributed by atoms with Gasteiger partial charge in [0.15, 0.2) is 11.6 Å². The van der Waals surface area contributed by atoms with Crippen LogP contribution in [0.4, 0.5) is 11.8 Å². The van der Waals surface area contributed by atoms with E-state index in [1.807, 2.05) is 13.0 Å². The van der Waals surface area contributed by atoms with Gasteiger partial charge in [-0.15, -0.1) is 11.3 Å². The van der Waals surface area contributed by atoms with Crippen molar-refractivity contribution in [3.63, 3.8) is 0 Å². The molecule has 2 saturated heterocycles. The van der Waals surface area contributed by atoms with Crippen molar-refractivity contribution in [3.8, 4) is 21.8 Å². The molecule has 0 unspecified atom stereocenters. The summed E-state index contributed by atoms with van der Waals surface area (Å²) in [6.45, 7) is 5.84. The van der Waals surface area contributed by atoms with Gasteiger partial charge in [-0.1, -0.05) is 0 Å². The number of amides is 1. The van der Waals surface area contributed by atoms with Gasteiger partial charge < -0.3 is 25.4 Å². The molecule has 6 heterocycles. The SMILES string of the molecule is Cc1c(-c2cncc(C(=O)N3CCC(O)CC3)c2)sc2c(N3CCOCC3)nc(-c3cnc(N)nc3)nc12. The molecule has 4 aromatic heterocycles. The standard InChI is InChI=1S/C26H28N8O3S/c1-15-20-22(24(33-6-8-37-9-7-33)32-23(31-20)18-13-29-26(27)30-14-18)38-21(15)16-10-17(12-28-11-16)25(36)34-4-2-19(35)3-5-34/h10-14,19,35H,2-9H2,1H3,(H2,27,29,30). The number of anilines is 2. The van der Waals surface area contributed by atoms with Crippen LogP contribution in [0.25, 0.3) is 32.0 Å². The number of aromatic nitrogens is 5. The fourth-order valence-corrected chi connectivity index (χ4v) is 6.10. The summed E-state index contributed by atoms with van der Waals surface area (Å²) in [5.41, 5.74) is 9.61. The van der Waals surface area contributed by atoms with Crippen LogP contribution >= 0.6 is 11.3 Å². The zero-order chi connectivity index (χ0) is 26.2. The molecule has 6 rings (SSSR count). The van der Waals surface area contributed by atoms with Crippen LogP contribution in [-0.2, 0) is 4.74 Å². The average molecular weight is 533 g/mol. The largest absolute Gasteiger partial charge is 0.393 e. The lowest BCUT2D eigenvalue weighted by Gasteiger charge is -2.29. The quantitative estimate of drug-likeness (QED) is 0.402. The molecule has 2 fully saturated rings. The first-order valence-corrected chi connectivity index (χ1v) is 13.4. The number of hydrogen-bond donors (Lipinski definition) is 2. The number of likely N-dealkylation sites (tertiary alicyclic amines) is 1. The van der Waals surface area contributed by atoms with Crippen LogP contribution in [0.3, 0.4) is 0 Å². The average Bonchev–Trinajstić information content (AvgIpc) is 3.30. The van der Waals surface area contributed by atoms with Crippen molar-refractivity contribution in [2.45, 2.75) is 25.9 Å². The Labute approximate surface area is 223 Å². The Bertz CT molecular complexity index is 1480. The van der Waals surface area contributed by atoms with E-state index in [-0.39, 0.29) is 18.0 Å². The first-order valence-electron chi connectivity index (χ1n) is 12.6. The monoisotopic (exact) mass is 532 g/mol. The molecular weight excluding hydrogens is 504 g/mol. The number of piperidine rings is 1. The molecule has 11 nitrogen and oxygen atoms in total. The predicted molar refractivity (Wildman–Crippen MR) is 145 cm³/mol. The van der Waals surface area contributed by atoms with Crippen molar-refractivity contribution in [1.29, 1.82) is 0 Å². The molecule has 4 aromatic rings. The van der Waals surface area contributed by atoms with Gasteiger partial charge in [-0.25, -0.2) is 19.9 Å². The zero-order valence-electron chi connectivity index (χ0n) is 21.0. The van der Waals surface area contributed by atoms with Gasteiger partial charge in [0.2, 0.25) is 5.95 Å². The Morgan fingerprint density at radius 1 is 1.05 bits per heavy atom. The molecule has 2 aliphatic rings. The van der Waals surface area contributed by atoms with Gasteiger partial charge in [-0.2, -0.15) is 0 Å². The highest BCUT2D eigenvalue weighted by atomic mass is 32.1. The van der Waals surface area contributed by atoms with E-state index in [0.29, 0.717) is 56.1 Å². The van der Waals surface area contributed by atoms with E-state index >= 15 is 0 Å². The maximum absolute atomic E-state index is 13.2. The number of carbonyl (C=O) groups excluding carboxylic acids is 1. The smallest absolute Gasteiger partial charge is 0.255 e. The molecule has 196 valence electrons. The lowest BCUT2D eigenvalue weighted by molar-refractivity contribution is 0.0546. The summed E-state index contributed by atoms with van der Waals surface area (Å²) >= 11 is 1.60. The van der Waals surface area contributed by atoms with Crippen molar-refractivity contribution >= 4 is 39.2 Å². The van der Waals surface area contributed by atoms with E-state index in [4.69, 9.17) is 20.4 Å². The van der Waals surface area contributed by atoms with E-state index in [1.54, 1.807) is 41.0 Å². The topological polar surface area (TPSA) is 143 Å². The number of nitrogen functional groups attached to an aromatic ring is 1. The number of rotatable bonds is 4. The first kappa shape index (κ1) is 24.6. The lowest BCUT2D eigenvalue weighted by atomic mass is 10.1. The van der Waals surface area contributed by atoms with Crippen LogP contribution in [-0.4, -0.2) is 86.3 Å². The molecule has 0 atom stereocenters. The molecule has 12 heteroatoms. The molecule has 0 radical (unpaired) electrons. The molecule has 2 aliphatic heterocycles. The highest BCUT2D eigenvalue weighted by Crippen LogP contribution is 2.42. The molecule has 0 saturated carbocycles. The van der Waals surface area contributed by atoms with Gasteiger partial charge in [-0.05, 0) is 31.4 Å². The van der Waals surface area contributed by atoms with Crippen molar-refractivity contribution in [3.05, 3.63) is 42.0 Å². The zero-order valence-corrected chi connectivity index (χ0v) is 21.8. The number of aliphatic hydroxyl groups is 1. The summed E-state index contributed by atoms with van der Waals surface area (Å²) in [6.07, 6.45) is 7.51. The molecule has 1 amide bonds. The van der Waals surface area contributed by atoms with E-state index < -0.39 is 0 Å². The second-order valence-corrected chi connectivity index (χ2v) is 10.5. The maximum atomic E-state index is 13.2. The van der Waals surface area contributed by atoms with Gasteiger partial charge in [0.25, 0.3) is 5.91 Å². The normalized spacial score (nSPS) is 16.8. The van der Waals surface area contributed by atoms with Crippen LogP contribution in [0.1, 0.15) is 28.8 Å². The minimum absolute atomic E-state index is 0.0653. The number of hydrogen-bond acceptors (Lipinski definition) is 11. The summed E-state index contributed by atoms with van der Waals surface area (Å²) < 4.78 is 6.55. The number of morpholine rings is 1. The number of nitrogens with zero attached hydrogens (tertiary/aromatic N) is 7. The predicted octanol–water partition coefficient (Wildman–Crippen LogP) is 2.53. The van der Waals surface area contributed by atoms with E-state index in [0.717, 1.165) is 45.1 Å².